The van der Waals surface area contributed by atoms with E-state index in [9.17, 15) is 4.79 Å². The average molecular weight is 223 g/mol. The topological polar surface area (TPSA) is 52.1 Å². The number of aldehydes is 1. The summed E-state index contributed by atoms with van der Waals surface area (Å²) in [5.41, 5.74) is 0.594. The summed E-state index contributed by atoms with van der Waals surface area (Å²) in [4.78, 5) is 18.4. The van der Waals surface area contributed by atoms with Crippen LogP contribution in [-0.2, 0) is 0 Å². The normalized spacial score (nSPS) is 10.3. The van der Waals surface area contributed by atoms with Gasteiger partial charge in [-0.1, -0.05) is 11.6 Å². The summed E-state index contributed by atoms with van der Waals surface area (Å²) in [6.45, 7) is 0. The number of halogens is 1. The third kappa shape index (κ3) is 1.76. The third-order valence-electron chi connectivity index (χ3n) is 1.98. The first-order chi connectivity index (χ1) is 7.24. The lowest BCUT2D eigenvalue weighted by Gasteiger charge is -2.03. The van der Waals surface area contributed by atoms with Crippen molar-refractivity contribution in [2.75, 3.05) is 7.11 Å². The third-order valence-corrected chi connectivity index (χ3v) is 2.27. The van der Waals surface area contributed by atoms with Crippen LogP contribution in [0.25, 0.3) is 10.9 Å². The van der Waals surface area contributed by atoms with Crippen molar-refractivity contribution in [3.8, 4) is 5.75 Å². The molecule has 0 saturated carbocycles. The summed E-state index contributed by atoms with van der Waals surface area (Å²) < 4.78 is 5.04. The number of nitrogens with zero attached hydrogens (tertiary/aromatic N) is 2. The van der Waals surface area contributed by atoms with Crippen LogP contribution in [0.4, 0.5) is 0 Å². The lowest BCUT2D eigenvalue weighted by molar-refractivity contribution is 0.111. The van der Waals surface area contributed by atoms with Gasteiger partial charge in [-0.15, -0.1) is 0 Å². The van der Waals surface area contributed by atoms with Crippen LogP contribution in [-0.4, -0.2) is 23.4 Å². The van der Waals surface area contributed by atoms with E-state index < -0.39 is 0 Å². The van der Waals surface area contributed by atoms with E-state index in [1.807, 2.05) is 0 Å². The number of hydrogen-bond acceptors (Lipinski definition) is 4. The molecule has 0 atom stereocenters. The summed E-state index contributed by atoms with van der Waals surface area (Å²) in [7, 11) is 1.56. The van der Waals surface area contributed by atoms with E-state index in [-0.39, 0.29) is 11.0 Å². The highest BCUT2D eigenvalue weighted by Crippen LogP contribution is 2.23. The SMILES string of the molecule is COc1ccc2c(Cl)nc(C=O)nc2c1. The molecule has 0 spiro atoms. The van der Waals surface area contributed by atoms with Crippen molar-refractivity contribution in [1.82, 2.24) is 9.97 Å². The first-order valence-corrected chi connectivity index (χ1v) is 4.59. The molecular weight excluding hydrogens is 216 g/mol. The van der Waals surface area contributed by atoms with Gasteiger partial charge in [0.15, 0.2) is 12.1 Å². The van der Waals surface area contributed by atoms with Crippen molar-refractivity contribution >= 4 is 28.8 Å². The maximum Gasteiger partial charge on any atom is 0.194 e. The number of ether oxygens (including phenoxy) is 1. The largest absolute Gasteiger partial charge is 0.497 e. The van der Waals surface area contributed by atoms with Crippen LogP contribution < -0.4 is 4.74 Å². The van der Waals surface area contributed by atoms with Crippen molar-refractivity contribution in [2.45, 2.75) is 0 Å². The summed E-state index contributed by atoms with van der Waals surface area (Å²) >= 11 is 5.89. The Morgan fingerprint density at radius 1 is 1.40 bits per heavy atom. The molecule has 0 N–H and O–H groups in total. The molecule has 15 heavy (non-hydrogen) atoms. The van der Waals surface area contributed by atoms with Crippen molar-refractivity contribution in [2.24, 2.45) is 0 Å². The van der Waals surface area contributed by atoms with Gasteiger partial charge in [0.25, 0.3) is 0 Å². The van der Waals surface area contributed by atoms with E-state index in [0.29, 0.717) is 22.9 Å². The van der Waals surface area contributed by atoms with E-state index >= 15 is 0 Å². The van der Waals surface area contributed by atoms with E-state index in [2.05, 4.69) is 9.97 Å². The van der Waals surface area contributed by atoms with E-state index in [4.69, 9.17) is 16.3 Å². The van der Waals surface area contributed by atoms with Crippen LogP contribution in [0.3, 0.4) is 0 Å². The summed E-state index contributed by atoms with van der Waals surface area (Å²) in [5, 5.41) is 0.966. The van der Waals surface area contributed by atoms with Gasteiger partial charge in [0.2, 0.25) is 0 Å². The molecule has 0 amide bonds. The van der Waals surface area contributed by atoms with Crippen LogP contribution in [0.5, 0.6) is 5.75 Å². The van der Waals surface area contributed by atoms with Crippen molar-refractivity contribution < 1.29 is 9.53 Å². The number of hydrogen-bond donors (Lipinski definition) is 0. The van der Waals surface area contributed by atoms with Gasteiger partial charge in [-0.05, 0) is 12.1 Å². The van der Waals surface area contributed by atoms with Crippen LogP contribution in [0, 0.1) is 0 Å². The Kier molecular flexibility index (Phi) is 2.51. The van der Waals surface area contributed by atoms with Gasteiger partial charge in [0, 0.05) is 11.5 Å². The Morgan fingerprint density at radius 2 is 2.20 bits per heavy atom. The fourth-order valence-corrected chi connectivity index (χ4v) is 1.51. The lowest BCUT2D eigenvalue weighted by atomic mass is 10.2. The number of aromatic nitrogens is 2. The van der Waals surface area contributed by atoms with Crippen molar-refractivity contribution in [1.29, 1.82) is 0 Å². The first-order valence-electron chi connectivity index (χ1n) is 4.21. The van der Waals surface area contributed by atoms with Gasteiger partial charge in [0.05, 0.1) is 12.6 Å². The van der Waals surface area contributed by atoms with E-state index in [0.717, 1.165) is 0 Å². The molecule has 4 nitrogen and oxygen atoms in total. The van der Waals surface area contributed by atoms with E-state index in [1.165, 1.54) is 0 Å². The molecule has 0 radical (unpaired) electrons. The predicted molar refractivity (Wildman–Crippen MR) is 56.5 cm³/mol. The molecular formula is C10H7ClN2O2. The highest BCUT2D eigenvalue weighted by atomic mass is 35.5. The monoisotopic (exact) mass is 222 g/mol. The Bertz CT molecular complexity index is 528. The zero-order valence-electron chi connectivity index (χ0n) is 7.90. The Morgan fingerprint density at radius 3 is 2.87 bits per heavy atom. The molecule has 0 saturated heterocycles. The molecule has 1 heterocycles. The minimum atomic E-state index is 0.0701. The molecule has 0 aliphatic rings. The molecule has 0 unspecified atom stereocenters. The second-order valence-corrected chi connectivity index (χ2v) is 3.23. The molecule has 5 heteroatoms. The minimum Gasteiger partial charge on any atom is -0.497 e. The lowest BCUT2D eigenvalue weighted by Crippen LogP contribution is -1.94. The highest BCUT2D eigenvalue weighted by Gasteiger charge is 2.06. The molecule has 2 rings (SSSR count). The van der Waals surface area contributed by atoms with Gasteiger partial charge in [-0.2, -0.15) is 0 Å². The molecule has 0 bridgehead atoms. The van der Waals surface area contributed by atoms with Crippen LogP contribution >= 0.6 is 11.6 Å². The molecule has 2 aromatic rings. The van der Waals surface area contributed by atoms with E-state index in [1.54, 1.807) is 25.3 Å². The Hall–Kier alpha value is -1.68. The summed E-state index contributed by atoms with van der Waals surface area (Å²) in [5.74, 6) is 0.731. The van der Waals surface area contributed by atoms with Gasteiger partial charge in [-0.25, -0.2) is 9.97 Å². The van der Waals surface area contributed by atoms with Gasteiger partial charge in [-0.3, -0.25) is 4.79 Å². The first kappa shape index (κ1) is 9.86. The van der Waals surface area contributed by atoms with Crippen LogP contribution in [0.1, 0.15) is 10.6 Å². The van der Waals surface area contributed by atoms with Gasteiger partial charge in [0.1, 0.15) is 10.9 Å². The molecule has 1 aromatic carbocycles. The fourth-order valence-electron chi connectivity index (χ4n) is 1.27. The zero-order valence-corrected chi connectivity index (χ0v) is 8.65. The second kappa shape index (κ2) is 3.82. The van der Waals surface area contributed by atoms with Gasteiger partial charge >= 0.3 is 0 Å². The number of rotatable bonds is 2. The Labute approximate surface area is 90.9 Å². The fraction of sp³-hybridized carbons (Fsp3) is 0.100. The van der Waals surface area contributed by atoms with Gasteiger partial charge < -0.3 is 4.74 Å². The Balaban J connectivity index is 2.74. The number of benzene rings is 1. The number of carbonyl (C=O) groups is 1. The predicted octanol–water partition coefficient (Wildman–Crippen LogP) is 2.10. The standard InChI is InChI=1S/C10H7ClN2O2/c1-15-6-2-3-7-8(4-6)12-9(5-14)13-10(7)11/h2-5H,1H3. The second-order valence-electron chi connectivity index (χ2n) is 2.87. The van der Waals surface area contributed by atoms with Crippen molar-refractivity contribution in [3.63, 3.8) is 0 Å². The average Bonchev–Trinajstić information content (AvgIpc) is 2.28. The van der Waals surface area contributed by atoms with Crippen LogP contribution in [0.2, 0.25) is 5.15 Å². The molecule has 1 aromatic heterocycles. The van der Waals surface area contributed by atoms with Crippen molar-refractivity contribution in [3.05, 3.63) is 29.2 Å². The van der Waals surface area contributed by atoms with Crippen LogP contribution in [0.15, 0.2) is 18.2 Å². The molecule has 0 aliphatic carbocycles. The quantitative estimate of drug-likeness (QED) is 0.577. The number of carbonyl (C=O) groups excluding carboxylic acids is 1. The zero-order chi connectivity index (χ0) is 10.8. The highest BCUT2D eigenvalue weighted by molar-refractivity contribution is 6.34. The maximum absolute atomic E-state index is 10.5. The smallest absolute Gasteiger partial charge is 0.194 e. The summed E-state index contributed by atoms with van der Waals surface area (Å²) in [6, 6.07) is 5.22. The maximum atomic E-state index is 10.5. The number of methoxy groups -OCH3 is 1. The molecule has 0 aliphatic heterocycles. The number of fused-ring (bicyclic) bond motifs is 1. The molecule has 76 valence electrons. The minimum absolute atomic E-state index is 0.0701. The molecule has 0 fully saturated rings. The summed E-state index contributed by atoms with van der Waals surface area (Å²) in [6.07, 6.45) is 0.560.